The lowest BCUT2D eigenvalue weighted by molar-refractivity contribution is -0.119. The minimum atomic E-state index is -0.280. The van der Waals surface area contributed by atoms with Gasteiger partial charge in [0, 0.05) is 27.4 Å². The average Bonchev–Trinajstić information content (AvgIpc) is 3.26. The summed E-state index contributed by atoms with van der Waals surface area (Å²) in [5, 5.41) is 8.22. The summed E-state index contributed by atoms with van der Waals surface area (Å²) < 4.78 is 18.4. The molecular formula is C23H17Cl2I2N3O4. The van der Waals surface area contributed by atoms with Crippen LogP contribution in [0.25, 0.3) is 0 Å². The van der Waals surface area contributed by atoms with Gasteiger partial charge in [0.05, 0.1) is 19.9 Å². The first-order valence-corrected chi connectivity index (χ1v) is 12.8. The summed E-state index contributed by atoms with van der Waals surface area (Å²) in [5.41, 5.74) is 4.94. The van der Waals surface area contributed by atoms with Crippen LogP contribution in [0.3, 0.4) is 0 Å². The maximum Gasteiger partial charge on any atom is 0.259 e. The first kappa shape index (κ1) is 25.1. The minimum Gasteiger partial charge on any atom is -0.487 e. The molecule has 0 spiro atoms. The van der Waals surface area contributed by atoms with E-state index in [9.17, 15) is 4.79 Å². The molecule has 1 aliphatic rings. The largest absolute Gasteiger partial charge is 0.487 e. The van der Waals surface area contributed by atoms with Crippen molar-refractivity contribution in [2.24, 2.45) is 5.10 Å². The van der Waals surface area contributed by atoms with E-state index in [4.69, 9.17) is 37.4 Å². The molecule has 11 heteroatoms. The van der Waals surface area contributed by atoms with Gasteiger partial charge in [-0.05, 0) is 87.1 Å². The van der Waals surface area contributed by atoms with E-state index >= 15 is 0 Å². The van der Waals surface area contributed by atoms with Crippen LogP contribution in [-0.4, -0.2) is 25.5 Å². The van der Waals surface area contributed by atoms with Crippen molar-refractivity contribution < 1.29 is 19.0 Å². The number of fused-ring (bicyclic) bond motifs is 1. The van der Waals surface area contributed by atoms with Gasteiger partial charge in [0.2, 0.25) is 6.79 Å². The molecule has 3 aromatic rings. The number of halogens is 4. The minimum absolute atomic E-state index is 0.0616. The summed E-state index contributed by atoms with van der Waals surface area (Å²) in [6.07, 6.45) is 1.59. The quantitative estimate of drug-likeness (QED) is 0.168. The highest BCUT2D eigenvalue weighted by molar-refractivity contribution is 14.1. The van der Waals surface area contributed by atoms with Crippen LogP contribution in [0.15, 0.2) is 53.6 Å². The SMILES string of the molecule is O=C(CNc1ccc2c(c1)OCO2)N/N=C/c1cc(I)c(OCc2ccc(Cl)cc2Cl)c(I)c1. The number of nitrogens with zero attached hydrogens (tertiary/aromatic N) is 1. The summed E-state index contributed by atoms with van der Waals surface area (Å²) in [6.45, 7) is 0.587. The van der Waals surface area contributed by atoms with E-state index in [0.29, 0.717) is 28.2 Å². The van der Waals surface area contributed by atoms with Crippen molar-refractivity contribution in [2.75, 3.05) is 18.7 Å². The van der Waals surface area contributed by atoms with Crippen LogP contribution in [-0.2, 0) is 11.4 Å². The second-order valence-corrected chi connectivity index (χ2v) is 10.2. The number of hydrogen-bond acceptors (Lipinski definition) is 6. The third-order valence-electron chi connectivity index (χ3n) is 4.64. The molecule has 0 fully saturated rings. The van der Waals surface area contributed by atoms with Crippen LogP contribution < -0.4 is 25.0 Å². The molecule has 34 heavy (non-hydrogen) atoms. The van der Waals surface area contributed by atoms with E-state index in [2.05, 4.69) is 61.0 Å². The van der Waals surface area contributed by atoms with Crippen molar-refractivity contribution in [3.8, 4) is 17.2 Å². The second kappa shape index (κ2) is 11.6. The number of carbonyl (C=O) groups excluding carboxylic acids is 1. The Labute approximate surface area is 233 Å². The Morgan fingerprint density at radius 1 is 1.06 bits per heavy atom. The van der Waals surface area contributed by atoms with Crippen molar-refractivity contribution >= 4 is 86.2 Å². The summed E-state index contributed by atoms with van der Waals surface area (Å²) in [6, 6.07) is 14.5. The lowest BCUT2D eigenvalue weighted by Gasteiger charge is -2.12. The molecule has 2 N–H and O–H groups in total. The molecule has 3 aromatic carbocycles. The highest BCUT2D eigenvalue weighted by Crippen LogP contribution is 2.34. The van der Waals surface area contributed by atoms with E-state index in [1.807, 2.05) is 24.3 Å². The van der Waals surface area contributed by atoms with Crippen LogP contribution in [0.4, 0.5) is 5.69 Å². The first-order valence-electron chi connectivity index (χ1n) is 9.90. The third kappa shape index (κ3) is 6.58. The monoisotopic (exact) mass is 723 g/mol. The number of benzene rings is 3. The summed E-state index contributed by atoms with van der Waals surface area (Å²) >= 11 is 16.6. The molecule has 0 saturated heterocycles. The number of hydrazone groups is 1. The topological polar surface area (TPSA) is 81.2 Å². The van der Waals surface area contributed by atoms with Crippen LogP contribution >= 0.6 is 68.4 Å². The fourth-order valence-corrected chi connectivity index (χ4v) is 5.58. The molecule has 0 aliphatic carbocycles. The van der Waals surface area contributed by atoms with Crippen LogP contribution in [0.1, 0.15) is 11.1 Å². The number of ether oxygens (including phenoxy) is 3. The molecule has 1 heterocycles. The van der Waals surface area contributed by atoms with Gasteiger partial charge < -0.3 is 19.5 Å². The Morgan fingerprint density at radius 2 is 1.82 bits per heavy atom. The molecule has 0 atom stereocenters. The van der Waals surface area contributed by atoms with Crippen molar-refractivity contribution in [2.45, 2.75) is 6.61 Å². The Morgan fingerprint density at radius 3 is 2.59 bits per heavy atom. The maximum atomic E-state index is 12.1. The van der Waals surface area contributed by atoms with Crippen molar-refractivity contribution in [3.63, 3.8) is 0 Å². The van der Waals surface area contributed by atoms with Gasteiger partial charge in [0.1, 0.15) is 12.4 Å². The number of nitrogens with one attached hydrogen (secondary N) is 2. The standard InChI is InChI=1S/C23H17Cl2I2N3O4/c24-15-2-1-14(17(25)7-15)11-32-23-18(26)5-13(6-19(23)27)9-29-30-22(31)10-28-16-3-4-20-21(8-16)34-12-33-20/h1-9,28H,10-12H2,(H,30,31)/b29-9+. The molecule has 0 radical (unpaired) electrons. The Balaban J connectivity index is 1.30. The van der Waals surface area contributed by atoms with Crippen molar-refractivity contribution in [1.29, 1.82) is 0 Å². The van der Waals surface area contributed by atoms with Crippen LogP contribution in [0.5, 0.6) is 17.2 Å². The van der Waals surface area contributed by atoms with E-state index in [1.165, 1.54) is 0 Å². The van der Waals surface area contributed by atoms with Gasteiger partial charge in [-0.25, -0.2) is 5.43 Å². The normalized spacial score (nSPS) is 12.1. The zero-order valence-corrected chi connectivity index (χ0v) is 23.2. The lowest BCUT2D eigenvalue weighted by atomic mass is 10.2. The van der Waals surface area contributed by atoms with E-state index < -0.39 is 0 Å². The number of amides is 1. The second-order valence-electron chi connectivity index (χ2n) is 7.05. The van der Waals surface area contributed by atoms with E-state index in [0.717, 1.165) is 29.7 Å². The van der Waals surface area contributed by atoms with Gasteiger partial charge in [0.25, 0.3) is 5.91 Å². The van der Waals surface area contributed by atoms with Crippen molar-refractivity contribution in [3.05, 3.63) is 76.8 Å². The summed E-state index contributed by atoms with van der Waals surface area (Å²) in [5.74, 6) is 1.81. The maximum absolute atomic E-state index is 12.1. The molecule has 1 amide bonds. The average molecular weight is 724 g/mol. The van der Waals surface area contributed by atoms with Gasteiger partial charge in [0.15, 0.2) is 11.5 Å². The molecule has 176 valence electrons. The van der Waals surface area contributed by atoms with Gasteiger partial charge in [-0.15, -0.1) is 0 Å². The Hall–Kier alpha value is -1.96. The fourth-order valence-electron chi connectivity index (χ4n) is 2.99. The molecule has 7 nitrogen and oxygen atoms in total. The van der Waals surface area contributed by atoms with Crippen LogP contribution in [0, 0.1) is 7.14 Å². The van der Waals surface area contributed by atoms with Crippen LogP contribution in [0.2, 0.25) is 10.0 Å². The first-order chi connectivity index (χ1) is 16.4. The van der Waals surface area contributed by atoms with Crippen molar-refractivity contribution in [1.82, 2.24) is 5.43 Å². The van der Waals surface area contributed by atoms with Gasteiger partial charge >= 0.3 is 0 Å². The molecule has 0 aromatic heterocycles. The number of carbonyl (C=O) groups is 1. The molecule has 1 aliphatic heterocycles. The molecule has 0 unspecified atom stereocenters. The highest BCUT2D eigenvalue weighted by Gasteiger charge is 2.13. The van der Waals surface area contributed by atoms with E-state index in [1.54, 1.807) is 30.5 Å². The summed E-state index contributed by atoms with van der Waals surface area (Å²) in [4.78, 5) is 12.1. The highest BCUT2D eigenvalue weighted by atomic mass is 127. The Bertz CT molecular complexity index is 1230. The molecule has 4 rings (SSSR count). The van der Waals surface area contributed by atoms with E-state index in [-0.39, 0.29) is 19.2 Å². The number of anilines is 1. The smallest absolute Gasteiger partial charge is 0.259 e. The predicted octanol–water partition coefficient (Wildman–Crippen LogP) is 6.07. The fraction of sp³-hybridized carbons (Fsp3) is 0.130. The molecule has 0 saturated carbocycles. The molecule has 0 bridgehead atoms. The van der Waals surface area contributed by atoms with Gasteiger partial charge in [-0.3, -0.25) is 4.79 Å². The summed E-state index contributed by atoms with van der Waals surface area (Å²) in [7, 11) is 0. The lowest BCUT2D eigenvalue weighted by Crippen LogP contribution is -2.25. The molecular weight excluding hydrogens is 707 g/mol. The Kier molecular flexibility index (Phi) is 8.61. The van der Waals surface area contributed by atoms with Gasteiger partial charge in [-0.2, -0.15) is 5.10 Å². The zero-order chi connectivity index (χ0) is 24.1. The predicted molar refractivity (Wildman–Crippen MR) is 149 cm³/mol. The number of hydrogen-bond donors (Lipinski definition) is 2. The zero-order valence-electron chi connectivity index (χ0n) is 17.4. The van der Waals surface area contributed by atoms with Gasteiger partial charge in [-0.1, -0.05) is 29.3 Å². The number of rotatable bonds is 8. The third-order valence-corrected chi connectivity index (χ3v) is 6.83.